The molecule has 0 aromatic heterocycles. The van der Waals surface area contributed by atoms with Gasteiger partial charge in [0, 0.05) is 18.8 Å². The molecular weight excluding hydrogens is 226 g/mol. The average molecular weight is 243 g/mol. The summed E-state index contributed by atoms with van der Waals surface area (Å²) in [6, 6.07) is 9.69. The molecule has 1 heterocycles. The van der Waals surface area contributed by atoms with Gasteiger partial charge in [-0.2, -0.15) is 0 Å². The Morgan fingerprint density at radius 1 is 1.33 bits per heavy atom. The van der Waals surface area contributed by atoms with Gasteiger partial charge in [-0.1, -0.05) is 30.3 Å². The molecule has 2 rings (SSSR count). The number of aliphatic imine (C=N–C) groups is 1. The first-order chi connectivity index (χ1) is 8.65. The second-order valence-electron chi connectivity index (χ2n) is 4.64. The summed E-state index contributed by atoms with van der Waals surface area (Å²) >= 11 is 0. The fraction of sp³-hybridized carbons (Fsp3) is 0.333. The molecule has 1 aromatic carbocycles. The Bertz CT molecular complexity index is 477. The number of nitrogens with zero attached hydrogens (tertiary/aromatic N) is 1. The predicted molar refractivity (Wildman–Crippen MR) is 71.6 cm³/mol. The number of benzene rings is 1. The Hall–Kier alpha value is -1.90. The van der Waals surface area contributed by atoms with Crippen LogP contribution >= 0.6 is 0 Å². The van der Waals surface area contributed by atoms with Crippen LogP contribution in [0.2, 0.25) is 0 Å². The third kappa shape index (κ3) is 2.35. The number of ether oxygens (including phenoxy) is 1. The maximum atomic E-state index is 12.4. The van der Waals surface area contributed by atoms with Crippen molar-refractivity contribution in [2.45, 2.75) is 31.8 Å². The van der Waals surface area contributed by atoms with Crippen LogP contribution in [0.5, 0.6) is 0 Å². The topological polar surface area (TPSA) is 38.7 Å². The van der Waals surface area contributed by atoms with Crippen molar-refractivity contribution in [2.75, 3.05) is 0 Å². The van der Waals surface area contributed by atoms with Gasteiger partial charge in [-0.15, -0.1) is 0 Å². The van der Waals surface area contributed by atoms with Crippen LogP contribution in [0.1, 0.15) is 25.8 Å². The molecule has 18 heavy (non-hydrogen) atoms. The standard InChI is InChI=1S/C15H17NO2/c1-12(2)18-14(17)15(8-10-16-11-9-15)13-6-4-3-5-7-13/h3-8,10-12H,9H2,1-2H3. The van der Waals surface area contributed by atoms with Crippen molar-refractivity contribution < 1.29 is 9.53 Å². The van der Waals surface area contributed by atoms with Crippen molar-refractivity contribution in [2.24, 2.45) is 4.99 Å². The Balaban J connectivity index is 2.39. The molecule has 0 spiro atoms. The molecule has 1 aliphatic rings. The van der Waals surface area contributed by atoms with Gasteiger partial charge in [-0.05, 0) is 25.5 Å². The summed E-state index contributed by atoms with van der Waals surface area (Å²) in [6.07, 6.45) is 5.67. The molecule has 0 saturated carbocycles. The Morgan fingerprint density at radius 3 is 2.61 bits per heavy atom. The second-order valence-corrected chi connectivity index (χ2v) is 4.64. The number of rotatable bonds is 3. The predicted octanol–water partition coefficient (Wildman–Crippen LogP) is 2.86. The largest absolute Gasteiger partial charge is 0.462 e. The van der Waals surface area contributed by atoms with Crippen molar-refractivity contribution in [1.29, 1.82) is 0 Å². The van der Waals surface area contributed by atoms with E-state index in [1.807, 2.05) is 50.3 Å². The van der Waals surface area contributed by atoms with Crippen LogP contribution in [0.25, 0.3) is 0 Å². The molecule has 0 N–H and O–H groups in total. The lowest BCUT2D eigenvalue weighted by atomic mass is 9.77. The van der Waals surface area contributed by atoms with Crippen LogP contribution in [0.15, 0.2) is 47.6 Å². The number of esters is 1. The van der Waals surface area contributed by atoms with E-state index in [0.29, 0.717) is 6.42 Å². The lowest BCUT2D eigenvalue weighted by Gasteiger charge is -2.29. The Labute approximate surface area is 107 Å². The molecule has 0 amide bonds. The van der Waals surface area contributed by atoms with E-state index in [9.17, 15) is 4.79 Å². The van der Waals surface area contributed by atoms with Crippen LogP contribution in [-0.4, -0.2) is 18.3 Å². The van der Waals surface area contributed by atoms with Gasteiger partial charge in [0.15, 0.2) is 0 Å². The zero-order chi connectivity index (χ0) is 13.0. The van der Waals surface area contributed by atoms with Crippen LogP contribution in [-0.2, 0) is 14.9 Å². The van der Waals surface area contributed by atoms with Gasteiger partial charge < -0.3 is 4.74 Å². The molecule has 0 bridgehead atoms. The van der Waals surface area contributed by atoms with Gasteiger partial charge in [0.1, 0.15) is 5.41 Å². The lowest BCUT2D eigenvalue weighted by Crippen LogP contribution is -2.38. The molecule has 1 aliphatic heterocycles. The summed E-state index contributed by atoms with van der Waals surface area (Å²) in [5.74, 6) is -0.217. The van der Waals surface area contributed by atoms with E-state index >= 15 is 0 Å². The smallest absolute Gasteiger partial charge is 0.321 e. The first kappa shape index (κ1) is 12.6. The molecule has 1 atom stereocenters. The maximum Gasteiger partial charge on any atom is 0.321 e. The van der Waals surface area contributed by atoms with Gasteiger partial charge in [-0.25, -0.2) is 0 Å². The quantitative estimate of drug-likeness (QED) is 0.766. The van der Waals surface area contributed by atoms with Gasteiger partial charge >= 0.3 is 5.97 Å². The summed E-state index contributed by atoms with van der Waals surface area (Å²) in [5, 5.41) is 0. The van der Waals surface area contributed by atoms with E-state index in [0.717, 1.165) is 5.56 Å². The normalized spacial score (nSPS) is 22.2. The van der Waals surface area contributed by atoms with Crippen molar-refractivity contribution in [3.63, 3.8) is 0 Å². The zero-order valence-electron chi connectivity index (χ0n) is 10.7. The molecule has 1 aromatic rings. The van der Waals surface area contributed by atoms with Gasteiger partial charge in [0.05, 0.1) is 6.10 Å². The average Bonchev–Trinajstić information content (AvgIpc) is 2.40. The highest BCUT2D eigenvalue weighted by Gasteiger charge is 2.40. The monoisotopic (exact) mass is 243 g/mol. The summed E-state index contributed by atoms with van der Waals surface area (Å²) in [4.78, 5) is 16.4. The van der Waals surface area contributed by atoms with E-state index in [2.05, 4.69) is 4.99 Å². The SMILES string of the molecule is CC(C)OC(=O)C1(c2ccccc2)C=CN=CC1. The minimum atomic E-state index is -0.729. The fourth-order valence-corrected chi connectivity index (χ4v) is 2.03. The van der Waals surface area contributed by atoms with E-state index in [1.165, 1.54) is 0 Å². The molecule has 0 saturated heterocycles. The van der Waals surface area contributed by atoms with Crippen molar-refractivity contribution in [3.8, 4) is 0 Å². The Morgan fingerprint density at radius 2 is 2.06 bits per heavy atom. The molecule has 3 nitrogen and oxygen atoms in total. The fourth-order valence-electron chi connectivity index (χ4n) is 2.03. The third-order valence-corrected chi connectivity index (χ3v) is 2.96. The van der Waals surface area contributed by atoms with Crippen LogP contribution in [0.4, 0.5) is 0 Å². The highest BCUT2D eigenvalue weighted by molar-refractivity contribution is 5.90. The highest BCUT2D eigenvalue weighted by Crippen LogP contribution is 2.32. The minimum Gasteiger partial charge on any atom is -0.462 e. The van der Waals surface area contributed by atoms with Crippen molar-refractivity contribution in [3.05, 3.63) is 48.2 Å². The van der Waals surface area contributed by atoms with Gasteiger partial charge in [-0.3, -0.25) is 9.79 Å². The summed E-state index contributed by atoms with van der Waals surface area (Å²) < 4.78 is 5.40. The molecule has 94 valence electrons. The first-order valence-electron chi connectivity index (χ1n) is 6.11. The summed E-state index contributed by atoms with van der Waals surface area (Å²) in [7, 11) is 0. The van der Waals surface area contributed by atoms with Crippen molar-refractivity contribution >= 4 is 12.2 Å². The molecule has 0 radical (unpaired) electrons. The second kappa shape index (κ2) is 5.17. The van der Waals surface area contributed by atoms with E-state index in [1.54, 1.807) is 12.4 Å². The van der Waals surface area contributed by atoms with Gasteiger partial charge in [0.2, 0.25) is 0 Å². The van der Waals surface area contributed by atoms with E-state index in [4.69, 9.17) is 4.74 Å². The number of carbonyl (C=O) groups excluding carboxylic acids is 1. The van der Waals surface area contributed by atoms with E-state index in [-0.39, 0.29) is 12.1 Å². The third-order valence-electron chi connectivity index (χ3n) is 2.96. The van der Waals surface area contributed by atoms with Crippen LogP contribution in [0.3, 0.4) is 0 Å². The minimum absolute atomic E-state index is 0.120. The maximum absolute atomic E-state index is 12.4. The molecule has 1 unspecified atom stereocenters. The highest BCUT2D eigenvalue weighted by atomic mass is 16.5. The number of hydrogen-bond acceptors (Lipinski definition) is 3. The Kier molecular flexibility index (Phi) is 3.60. The number of carbonyl (C=O) groups is 1. The van der Waals surface area contributed by atoms with Crippen molar-refractivity contribution in [1.82, 2.24) is 0 Å². The molecule has 0 fully saturated rings. The van der Waals surface area contributed by atoms with Crippen LogP contribution < -0.4 is 0 Å². The molecular formula is C15H17NO2. The van der Waals surface area contributed by atoms with E-state index < -0.39 is 5.41 Å². The molecule has 3 heteroatoms. The lowest BCUT2D eigenvalue weighted by molar-refractivity contribution is -0.152. The van der Waals surface area contributed by atoms with Gasteiger partial charge in [0.25, 0.3) is 0 Å². The number of hydrogen-bond donors (Lipinski definition) is 0. The molecule has 0 aliphatic carbocycles. The summed E-state index contributed by atoms with van der Waals surface area (Å²) in [5.41, 5.74) is 0.214. The van der Waals surface area contributed by atoms with Crippen LogP contribution in [0, 0.1) is 0 Å². The first-order valence-corrected chi connectivity index (χ1v) is 6.11. The summed E-state index contributed by atoms with van der Waals surface area (Å²) in [6.45, 7) is 3.72. The zero-order valence-corrected chi connectivity index (χ0v) is 10.7.